The highest BCUT2D eigenvalue weighted by Gasteiger charge is 2.65. The number of fused-ring (bicyclic) bond motifs is 6. The highest BCUT2D eigenvalue weighted by atomic mass is 16.5. The highest BCUT2D eigenvalue weighted by Crippen LogP contribution is 2.69. The average Bonchev–Trinajstić information content (AvgIpc) is 3.10. The third-order valence-electron chi connectivity index (χ3n) is 8.95. The lowest BCUT2D eigenvalue weighted by molar-refractivity contribution is -0.119. The quantitative estimate of drug-likeness (QED) is 0.594. The first kappa shape index (κ1) is 15.9. The Labute approximate surface area is 151 Å². The maximum atomic E-state index is 11.9. The first-order valence-corrected chi connectivity index (χ1v) is 10.2. The summed E-state index contributed by atoms with van der Waals surface area (Å²) in [5, 5.41) is 0. The molecule has 3 unspecified atom stereocenters. The molecule has 2 saturated carbocycles. The predicted molar refractivity (Wildman–Crippen MR) is 98.8 cm³/mol. The number of allylic oxidation sites excluding steroid dienone is 5. The topological polar surface area (TPSA) is 26.3 Å². The van der Waals surface area contributed by atoms with Crippen molar-refractivity contribution in [3.63, 3.8) is 0 Å². The molecule has 0 aromatic rings. The Morgan fingerprint density at radius 2 is 1.88 bits per heavy atom. The van der Waals surface area contributed by atoms with E-state index in [1.165, 1.54) is 31.3 Å². The summed E-state index contributed by atoms with van der Waals surface area (Å²) in [6.07, 6.45) is 15.7. The Morgan fingerprint density at radius 3 is 2.64 bits per heavy atom. The van der Waals surface area contributed by atoms with E-state index in [1.54, 1.807) is 0 Å². The van der Waals surface area contributed by atoms with Gasteiger partial charge in [0, 0.05) is 18.3 Å². The minimum Gasteiger partial charge on any atom is -0.492 e. The van der Waals surface area contributed by atoms with Crippen molar-refractivity contribution < 1.29 is 9.53 Å². The van der Waals surface area contributed by atoms with Crippen molar-refractivity contribution in [2.24, 2.45) is 28.6 Å². The molecule has 6 atom stereocenters. The molecule has 4 aliphatic carbocycles. The van der Waals surface area contributed by atoms with Crippen LogP contribution in [0, 0.1) is 28.6 Å². The van der Waals surface area contributed by atoms with E-state index >= 15 is 0 Å². The number of hydrogen-bond donors (Lipinski definition) is 0. The second-order valence-electron chi connectivity index (χ2n) is 9.76. The summed E-state index contributed by atoms with van der Waals surface area (Å²) in [4.78, 5) is 11.9. The van der Waals surface area contributed by atoms with Gasteiger partial charge in [0.25, 0.3) is 0 Å². The monoisotopic (exact) mass is 338 g/mol. The molecule has 5 rings (SSSR count). The van der Waals surface area contributed by atoms with Crippen LogP contribution in [0.25, 0.3) is 0 Å². The molecule has 0 bridgehead atoms. The van der Waals surface area contributed by atoms with Crippen molar-refractivity contribution in [2.45, 2.75) is 70.8 Å². The molecule has 0 amide bonds. The second-order valence-corrected chi connectivity index (χ2v) is 9.76. The number of ether oxygens (including phenoxy) is 1. The maximum Gasteiger partial charge on any atom is 0.156 e. The van der Waals surface area contributed by atoms with Gasteiger partial charge in [-0.2, -0.15) is 0 Å². The third-order valence-corrected chi connectivity index (χ3v) is 8.95. The standard InChI is InChI=1S/C23H30O2/c1-15-6-12-23(25-15)13-9-20-18-5-4-16-14-17(24)7-10-21(16,2)19(18)8-11-22(20,23)3/h4-5,14,18-20H,1,6-13H2,2-3H3/t18?,19?,20?,21-,22-,23-/m0/s1. The predicted octanol–water partition coefficient (Wildman–Crippen LogP) is 5.36. The zero-order valence-corrected chi connectivity index (χ0v) is 15.6. The Balaban J connectivity index is 1.53. The van der Waals surface area contributed by atoms with Gasteiger partial charge in [0.05, 0.1) is 5.76 Å². The van der Waals surface area contributed by atoms with E-state index in [4.69, 9.17) is 4.74 Å². The molecule has 0 aromatic heterocycles. The molecule has 0 radical (unpaired) electrons. The minimum atomic E-state index is 0.0487. The lowest BCUT2D eigenvalue weighted by atomic mass is 9.48. The Kier molecular flexibility index (Phi) is 3.12. The molecule has 25 heavy (non-hydrogen) atoms. The fourth-order valence-corrected chi connectivity index (χ4v) is 7.39. The first-order valence-electron chi connectivity index (χ1n) is 10.2. The van der Waals surface area contributed by atoms with Gasteiger partial charge in [-0.15, -0.1) is 0 Å². The van der Waals surface area contributed by atoms with Gasteiger partial charge in [-0.1, -0.05) is 32.6 Å². The van der Waals surface area contributed by atoms with E-state index in [-0.39, 0.29) is 16.4 Å². The Morgan fingerprint density at radius 1 is 1.08 bits per heavy atom. The maximum absolute atomic E-state index is 11.9. The molecule has 1 aliphatic heterocycles. The normalized spacial score (nSPS) is 51.0. The van der Waals surface area contributed by atoms with Gasteiger partial charge >= 0.3 is 0 Å². The molecular formula is C23H30O2. The SMILES string of the molecule is C=C1CC[C@@]2(CCC3C4C=CC5=CC(=O)CC[C@]5(C)C4CC[C@@]32C)O1. The van der Waals surface area contributed by atoms with Crippen LogP contribution in [0.3, 0.4) is 0 Å². The highest BCUT2D eigenvalue weighted by molar-refractivity contribution is 5.92. The number of ketones is 1. The smallest absolute Gasteiger partial charge is 0.156 e. The molecule has 3 fully saturated rings. The van der Waals surface area contributed by atoms with Crippen LogP contribution in [0.2, 0.25) is 0 Å². The zero-order chi connectivity index (χ0) is 17.4. The van der Waals surface area contributed by atoms with Gasteiger partial charge in [0.2, 0.25) is 0 Å². The second kappa shape index (κ2) is 4.90. The minimum absolute atomic E-state index is 0.0487. The fraction of sp³-hybridized carbons (Fsp3) is 0.696. The molecular weight excluding hydrogens is 308 g/mol. The van der Waals surface area contributed by atoms with Crippen LogP contribution in [-0.4, -0.2) is 11.4 Å². The summed E-state index contributed by atoms with van der Waals surface area (Å²) in [5.41, 5.74) is 1.82. The molecule has 2 heteroatoms. The first-order chi connectivity index (χ1) is 11.9. The number of carbonyl (C=O) groups is 1. The Bertz CT molecular complexity index is 716. The van der Waals surface area contributed by atoms with Crippen molar-refractivity contribution in [1.29, 1.82) is 0 Å². The Hall–Kier alpha value is -1.31. The largest absolute Gasteiger partial charge is 0.492 e. The average molecular weight is 338 g/mol. The molecule has 0 aromatic carbocycles. The van der Waals surface area contributed by atoms with Gasteiger partial charge in [0.15, 0.2) is 5.78 Å². The van der Waals surface area contributed by atoms with E-state index in [9.17, 15) is 4.79 Å². The van der Waals surface area contributed by atoms with E-state index in [2.05, 4.69) is 32.6 Å². The van der Waals surface area contributed by atoms with Crippen molar-refractivity contribution in [3.8, 4) is 0 Å². The van der Waals surface area contributed by atoms with Gasteiger partial charge in [-0.3, -0.25) is 4.79 Å². The summed E-state index contributed by atoms with van der Waals surface area (Å²) >= 11 is 0. The molecule has 2 nitrogen and oxygen atoms in total. The van der Waals surface area contributed by atoms with Crippen LogP contribution in [0.5, 0.6) is 0 Å². The summed E-state index contributed by atoms with van der Waals surface area (Å²) in [7, 11) is 0. The van der Waals surface area contributed by atoms with Crippen LogP contribution in [0.1, 0.15) is 65.2 Å². The summed E-state index contributed by atoms with van der Waals surface area (Å²) < 4.78 is 6.43. The zero-order valence-electron chi connectivity index (χ0n) is 15.6. The summed E-state index contributed by atoms with van der Waals surface area (Å²) in [6.45, 7) is 9.05. The van der Waals surface area contributed by atoms with Crippen LogP contribution in [0.4, 0.5) is 0 Å². The lowest BCUT2D eigenvalue weighted by Crippen LogP contribution is -2.53. The molecule has 1 spiro atoms. The fourth-order valence-electron chi connectivity index (χ4n) is 7.39. The summed E-state index contributed by atoms with van der Waals surface area (Å²) in [5.74, 6) is 3.37. The van der Waals surface area contributed by atoms with Crippen molar-refractivity contribution in [1.82, 2.24) is 0 Å². The third kappa shape index (κ3) is 1.89. The molecule has 1 saturated heterocycles. The van der Waals surface area contributed by atoms with Crippen molar-refractivity contribution in [3.05, 3.63) is 36.1 Å². The van der Waals surface area contributed by atoms with Crippen LogP contribution < -0.4 is 0 Å². The lowest BCUT2D eigenvalue weighted by Gasteiger charge is -2.57. The van der Waals surface area contributed by atoms with E-state index < -0.39 is 0 Å². The van der Waals surface area contributed by atoms with Gasteiger partial charge in [-0.25, -0.2) is 0 Å². The molecule has 134 valence electrons. The van der Waals surface area contributed by atoms with Crippen LogP contribution in [0.15, 0.2) is 36.1 Å². The van der Waals surface area contributed by atoms with E-state index in [0.717, 1.165) is 31.4 Å². The number of rotatable bonds is 0. The van der Waals surface area contributed by atoms with Crippen molar-refractivity contribution in [2.75, 3.05) is 0 Å². The number of hydrogen-bond acceptors (Lipinski definition) is 2. The van der Waals surface area contributed by atoms with E-state index in [0.29, 0.717) is 23.5 Å². The van der Waals surface area contributed by atoms with Gasteiger partial charge in [-0.05, 0) is 73.3 Å². The van der Waals surface area contributed by atoms with Gasteiger partial charge < -0.3 is 4.74 Å². The molecule has 5 aliphatic rings. The van der Waals surface area contributed by atoms with Crippen LogP contribution in [-0.2, 0) is 9.53 Å². The summed E-state index contributed by atoms with van der Waals surface area (Å²) in [6, 6.07) is 0. The van der Waals surface area contributed by atoms with Gasteiger partial charge in [0.1, 0.15) is 5.60 Å². The van der Waals surface area contributed by atoms with Crippen LogP contribution >= 0.6 is 0 Å². The number of carbonyl (C=O) groups excluding carboxylic acids is 1. The van der Waals surface area contributed by atoms with Crippen molar-refractivity contribution >= 4 is 5.78 Å². The van der Waals surface area contributed by atoms with E-state index in [1.807, 2.05) is 6.08 Å². The molecule has 0 N–H and O–H groups in total. The molecule has 1 heterocycles.